The van der Waals surface area contributed by atoms with Gasteiger partial charge in [0.05, 0.1) is 13.2 Å². The van der Waals surface area contributed by atoms with Gasteiger partial charge >= 0.3 is 0 Å². The fourth-order valence-electron chi connectivity index (χ4n) is 9.08. The number of benzene rings is 6. The van der Waals surface area contributed by atoms with Gasteiger partial charge in [-0.2, -0.15) is 0 Å². The summed E-state index contributed by atoms with van der Waals surface area (Å²) in [5.74, 6) is 5.57. The first-order valence-electron chi connectivity index (χ1n) is 23.0. The van der Waals surface area contributed by atoms with E-state index in [9.17, 15) is 17.6 Å². The highest BCUT2D eigenvalue weighted by molar-refractivity contribution is 14.1. The minimum atomic E-state index is -0.652. The second-order valence-electron chi connectivity index (χ2n) is 17.2. The molecule has 0 amide bonds. The average molecular weight is 1050 g/mol. The summed E-state index contributed by atoms with van der Waals surface area (Å²) in [6.07, 6.45) is 4.25. The van der Waals surface area contributed by atoms with Gasteiger partial charge in [0.1, 0.15) is 65.1 Å². The Morgan fingerprint density at radius 3 is 1.41 bits per heavy atom. The third kappa shape index (κ3) is 11.3. The van der Waals surface area contributed by atoms with E-state index in [1.165, 1.54) is 24.3 Å². The van der Waals surface area contributed by atoms with Crippen molar-refractivity contribution in [3.05, 3.63) is 187 Å². The first kappa shape index (κ1) is 47.9. The molecular formula is C57H49F4IO7. The molecule has 2 fully saturated rings. The van der Waals surface area contributed by atoms with Crippen LogP contribution in [0.1, 0.15) is 104 Å². The molecule has 6 aromatic rings. The second kappa shape index (κ2) is 21.7. The monoisotopic (exact) mass is 1050 g/mol. The highest BCUT2D eigenvalue weighted by atomic mass is 127. The van der Waals surface area contributed by atoms with Crippen molar-refractivity contribution in [2.24, 2.45) is 0 Å². The van der Waals surface area contributed by atoms with Crippen LogP contribution in [0.3, 0.4) is 0 Å². The average Bonchev–Trinajstić information content (AvgIpc) is 3.34. The number of rotatable bonds is 8. The molecule has 4 aliphatic heterocycles. The lowest BCUT2D eigenvalue weighted by molar-refractivity contribution is -0.106. The van der Waals surface area contributed by atoms with Gasteiger partial charge in [-0.3, -0.25) is 0 Å². The molecule has 6 aromatic carbocycles. The number of hydrogen-bond acceptors (Lipinski definition) is 7. The van der Waals surface area contributed by atoms with Crippen LogP contribution in [0.25, 0.3) is 22.3 Å². The van der Waals surface area contributed by atoms with Crippen molar-refractivity contribution in [3.8, 4) is 34.8 Å². The number of allylic oxidation sites excluding steroid dienone is 2. The van der Waals surface area contributed by atoms with Crippen LogP contribution >= 0.6 is 22.6 Å². The van der Waals surface area contributed by atoms with E-state index in [2.05, 4.69) is 34.4 Å². The van der Waals surface area contributed by atoms with Gasteiger partial charge < -0.3 is 33.5 Å². The lowest BCUT2D eigenvalue weighted by Gasteiger charge is -2.32. The second-order valence-corrected chi connectivity index (χ2v) is 18.4. The summed E-state index contributed by atoms with van der Waals surface area (Å²) in [6, 6.07) is 33.8. The van der Waals surface area contributed by atoms with Crippen LogP contribution in [0.5, 0.6) is 23.0 Å². The Balaban J connectivity index is 0.000000172. The van der Waals surface area contributed by atoms with Crippen molar-refractivity contribution in [1.29, 1.82) is 0 Å². The molecule has 0 aliphatic carbocycles. The first-order valence-corrected chi connectivity index (χ1v) is 24.1. The molecule has 0 spiro atoms. The smallest absolute Gasteiger partial charge is 0.199 e. The van der Waals surface area contributed by atoms with Gasteiger partial charge in [-0.15, -0.1) is 0 Å². The predicted octanol–water partition coefficient (Wildman–Crippen LogP) is 13.8. The van der Waals surface area contributed by atoms with E-state index in [4.69, 9.17) is 33.5 Å². The fraction of sp³-hybridized carbons (Fsp3) is 0.263. The maximum absolute atomic E-state index is 14.2. The van der Waals surface area contributed by atoms with Crippen molar-refractivity contribution in [3.63, 3.8) is 0 Å². The molecular weight excluding hydrogens is 1000 g/mol. The zero-order valence-corrected chi connectivity index (χ0v) is 40.2. The summed E-state index contributed by atoms with van der Waals surface area (Å²) in [5, 5.41) is 8.96. The number of halogens is 5. The molecule has 10 rings (SSSR count). The summed E-state index contributed by atoms with van der Waals surface area (Å²) in [6.45, 7) is 5.05. The first-order chi connectivity index (χ1) is 33.5. The minimum Gasteiger partial charge on any atom is -0.480 e. The van der Waals surface area contributed by atoms with Gasteiger partial charge in [0, 0.05) is 68.5 Å². The Morgan fingerprint density at radius 2 is 1.00 bits per heavy atom. The number of aliphatic hydroxyl groups excluding tert-OH is 1. The molecule has 4 unspecified atom stereocenters. The van der Waals surface area contributed by atoms with Crippen molar-refractivity contribution < 1.29 is 51.1 Å². The molecule has 7 nitrogen and oxygen atoms in total. The molecule has 4 heterocycles. The normalized spacial score (nSPS) is 19.7. The standard InChI is InChI=1S/C30H26F2O4.C27H23F2IO3/c1-19-26-12-11-25(35-28-6-2-3-14-34-28)18-27(26)36-30(21-9-7-20(8-10-21)5-4-13-33)29(19)22-15-23(31)17-24(32)16-22;1-16-23-10-9-22(32-25-4-2-3-11-31-25)15-24(23)33-27(17-5-7-21(30)8-6-17)26(16)18-12-19(28)14-20(29)13-18/h7-12,15-18,28,30,33H,2-3,6,13-14H2,1H3;5-10,12-15,25,27H,2-4,11H2,1H3. The fourth-order valence-corrected chi connectivity index (χ4v) is 9.44. The molecule has 0 radical (unpaired) electrons. The number of ether oxygens (including phenoxy) is 6. The van der Waals surface area contributed by atoms with E-state index in [1.807, 2.05) is 98.8 Å². The molecule has 0 bridgehead atoms. The lowest BCUT2D eigenvalue weighted by atomic mass is 9.86. The number of aliphatic hydroxyl groups is 1. The third-order valence-corrected chi connectivity index (χ3v) is 13.1. The van der Waals surface area contributed by atoms with Gasteiger partial charge in [-0.05, 0) is 168 Å². The summed E-state index contributed by atoms with van der Waals surface area (Å²) in [5.41, 5.74) is 8.22. The zero-order valence-electron chi connectivity index (χ0n) is 38.0. The van der Waals surface area contributed by atoms with Gasteiger partial charge in [-0.1, -0.05) is 36.1 Å². The van der Waals surface area contributed by atoms with Crippen LogP contribution in [-0.2, 0) is 9.47 Å². The Labute approximate surface area is 412 Å². The molecule has 0 aromatic heterocycles. The molecule has 4 atom stereocenters. The SMILES string of the molecule is CC1=C(c2cc(F)cc(F)c2)C(c2ccc(C#CCO)cc2)Oc2cc(OC3CCCCO3)ccc21.CC1=C(c2cc(F)cc(F)c2)C(c2ccc(I)cc2)Oc2cc(OC3CCCCO3)ccc21. The van der Waals surface area contributed by atoms with E-state index in [0.29, 0.717) is 52.9 Å². The molecule has 354 valence electrons. The summed E-state index contributed by atoms with van der Waals surface area (Å²) >= 11 is 2.25. The molecule has 12 heteroatoms. The maximum atomic E-state index is 14.2. The zero-order chi connectivity index (χ0) is 48.0. The molecule has 0 saturated carbocycles. The van der Waals surface area contributed by atoms with Crippen LogP contribution in [0, 0.1) is 38.7 Å². The van der Waals surface area contributed by atoms with Crippen LogP contribution in [0.2, 0.25) is 0 Å². The van der Waals surface area contributed by atoms with Gasteiger partial charge in [0.2, 0.25) is 0 Å². The van der Waals surface area contributed by atoms with Gasteiger partial charge in [-0.25, -0.2) is 17.6 Å². The summed E-state index contributed by atoms with van der Waals surface area (Å²) in [4.78, 5) is 0. The van der Waals surface area contributed by atoms with E-state index in [1.54, 1.807) is 0 Å². The topological polar surface area (TPSA) is 75.6 Å². The Bertz CT molecular complexity index is 2910. The minimum absolute atomic E-state index is 0.224. The van der Waals surface area contributed by atoms with E-state index in [0.717, 1.165) is 98.8 Å². The van der Waals surface area contributed by atoms with Gasteiger partial charge in [0.15, 0.2) is 12.6 Å². The lowest BCUT2D eigenvalue weighted by Crippen LogP contribution is -2.25. The van der Waals surface area contributed by atoms with Crippen molar-refractivity contribution in [1.82, 2.24) is 0 Å². The molecule has 69 heavy (non-hydrogen) atoms. The molecule has 4 aliphatic rings. The third-order valence-electron chi connectivity index (χ3n) is 12.4. The molecule has 2 saturated heterocycles. The highest BCUT2D eigenvalue weighted by Crippen LogP contribution is 2.49. The largest absolute Gasteiger partial charge is 0.480 e. The Hall–Kier alpha value is -6.11. The van der Waals surface area contributed by atoms with Crippen LogP contribution in [0.15, 0.2) is 121 Å². The predicted molar refractivity (Wildman–Crippen MR) is 265 cm³/mol. The number of fused-ring (bicyclic) bond motifs is 2. The van der Waals surface area contributed by atoms with Crippen molar-refractivity contribution in [2.75, 3.05) is 19.8 Å². The van der Waals surface area contributed by atoms with E-state index < -0.39 is 35.5 Å². The van der Waals surface area contributed by atoms with Crippen molar-refractivity contribution in [2.45, 2.75) is 77.2 Å². The van der Waals surface area contributed by atoms with Crippen LogP contribution < -0.4 is 18.9 Å². The number of hydrogen-bond donors (Lipinski definition) is 1. The highest BCUT2D eigenvalue weighted by Gasteiger charge is 2.32. The van der Waals surface area contributed by atoms with Crippen LogP contribution in [-0.4, -0.2) is 37.5 Å². The Morgan fingerprint density at radius 1 is 0.565 bits per heavy atom. The van der Waals surface area contributed by atoms with Crippen LogP contribution in [0.4, 0.5) is 17.6 Å². The quantitative estimate of drug-likeness (QED) is 0.0925. The van der Waals surface area contributed by atoms with E-state index in [-0.39, 0.29) is 19.2 Å². The summed E-state index contributed by atoms with van der Waals surface area (Å²) < 4.78 is 94.2. The van der Waals surface area contributed by atoms with Gasteiger partial charge in [0.25, 0.3) is 0 Å². The molecule has 1 N–H and O–H groups in total. The van der Waals surface area contributed by atoms with Crippen molar-refractivity contribution >= 4 is 44.9 Å². The van der Waals surface area contributed by atoms with E-state index >= 15 is 0 Å². The summed E-state index contributed by atoms with van der Waals surface area (Å²) in [7, 11) is 0. The Kier molecular flexibility index (Phi) is 15.1. The maximum Gasteiger partial charge on any atom is 0.199 e.